The monoisotopic (exact) mass is 391 g/mol. The number of carbonyl (C=O) groups is 1. The lowest BCUT2D eigenvalue weighted by Crippen LogP contribution is -2.24. The molecule has 0 fully saturated rings. The first-order chi connectivity index (χ1) is 12.4. The van der Waals surface area contributed by atoms with Gasteiger partial charge in [0, 0.05) is 5.56 Å². The fourth-order valence-corrected chi connectivity index (χ4v) is 4.22. The number of rotatable bonds is 6. The molecule has 136 valence electrons. The molecule has 2 aromatic carbocycles. The predicted molar refractivity (Wildman–Crippen MR) is 100 cm³/mol. The minimum absolute atomic E-state index is 0.0878. The lowest BCUT2D eigenvalue weighted by atomic mass is 10.2. The van der Waals surface area contributed by atoms with Gasteiger partial charge in [-0.25, -0.2) is 18.1 Å². The fourth-order valence-electron chi connectivity index (χ4n) is 2.39. The summed E-state index contributed by atoms with van der Waals surface area (Å²) in [4.78, 5) is 16.8. The van der Waals surface area contributed by atoms with Crippen LogP contribution in [0.5, 0.6) is 5.75 Å². The molecule has 3 aromatic rings. The topological polar surface area (TPSA) is 97.4 Å². The number of hydrogen-bond donors (Lipinski definition) is 2. The van der Waals surface area contributed by atoms with Gasteiger partial charge in [0.2, 0.25) is 10.0 Å². The van der Waals surface area contributed by atoms with Crippen molar-refractivity contribution in [2.45, 2.75) is 11.4 Å². The summed E-state index contributed by atoms with van der Waals surface area (Å²) in [6.45, 7) is 0.262. The molecule has 1 aromatic heterocycles. The van der Waals surface area contributed by atoms with Gasteiger partial charge in [0.15, 0.2) is 0 Å². The Bertz CT molecular complexity index is 1030. The largest absolute Gasteiger partial charge is 0.495 e. The molecule has 0 aliphatic carbocycles. The molecule has 0 saturated heterocycles. The minimum Gasteiger partial charge on any atom is -0.495 e. The molecule has 9 heteroatoms. The molecule has 0 aliphatic rings. The summed E-state index contributed by atoms with van der Waals surface area (Å²) in [5.41, 5.74) is 1.11. The zero-order chi connectivity index (χ0) is 18.7. The molecule has 1 amide bonds. The Morgan fingerprint density at radius 2 is 2.00 bits per heavy atom. The van der Waals surface area contributed by atoms with Crippen LogP contribution in [0.1, 0.15) is 15.4 Å². The standard InChI is InChI=1S/C17H17N3O4S2/c1-18-26(22,23)15-9-11(7-8-13(15)24-2)17(21)19-10-16-20-12-5-3-4-6-14(12)25-16/h3-9,18H,10H2,1-2H3,(H,19,21). The third-order valence-electron chi connectivity index (χ3n) is 3.72. The number of methoxy groups -OCH3 is 1. The minimum atomic E-state index is -3.75. The molecule has 26 heavy (non-hydrogen) atoms. The quantitative estimate of drug-likeness (QED) is 0.671. The van der Waals surface area contributed by atoms with Crippen LogP contribution < -0.4 is 14.8 Å². The molecule has 0 unspecified atom stereocenters. The van der Waals surface area contributed by atoms with Crippen LogP contribution in [0.3, 0.4) is 0 Å². The van der Waals surface area contributed by atoms with Gasteiger partial charge < -0.3 is 10.1 Å². The summed E-state index contributed by atoms with van der Waals surface area (Å²) in [6, 6.07) is 12.0. The highest BCUT2D eigenvalue weighted by Crippen LogP contribution is 2.25. The maximum Gasteiger partial charge on any atom is 0.251 e. The number of benzene rings is 2. The number of para-hydroxylation sites is 1. The lowest BCUT2D eigenvalue weighted by Gasteiger charge is -2.10. The number of carbonyl (C=O) groups excluding carboxylic acids is 1. The van der Waals surface area contributed by atoms with E-state index in [1.165, 1.54) is 43.7 Å². The fraction of sp³-hybridized carbons (Fsp3) is 0.176. The third-order valence-corrected chi connectivity index (χ3v) is 6.19. The second-order valence-electron chi connectivity index (χ2n) is 5.33. The Hall–Kier alpha value is -2.49. The molecule has 0 saturated carbocycles. The van der Waals surface area contributed by atoms with Crippen molar-refractivity contribution in [3.8, 4) is 5.75 Å². The van der Waals surface area contributed by atoms with Crippen molar-refractivity contribution in [1.82, 2.24) is 15.0 Å². The van der Waals surface area contributed by atoms with Gasteiger partial charge in [0.25, 0.3) is 5.91 Å². The summed E-state index contributed by atoms with van der Waals surface area (Å²) in [5, 5.41) is 3.54. The summed E-state index contributed by atoms with van der Waals surface area (Å²) >= 11 is 1.50. The van der Waals surface area contributed by atoms with Crippen LogP contribution in [-0.4, -0.2) is 33.5 Å². The Balaban J connectivity index is 1.80. The van der Waals surface area contributed by atoms with E-state index in [-0.39, 0.29) is 28.7 Å². The molecule has 0 bridgehead atoms. The average Bonchev–Trinajstić information content (AvgIpc) is 3.08. The summed E-state index contributed by atoms with van der Waals surface area (Å²) < 4.78 is 32.5. The molecule has 3 rings (SSSR count). The average molecular weight is 391 g/mol. The van der Waals surface area contributed by atoms with Gasteiger partial charge in [-0.1, -0.05) is 12.1 Å². The molecule has 0 atom stereocenters. The van der Waals surface area contributed by atoms with Crippen LogP contribution in [0.2, 0.25) is 0 Å². The highest BCUT2D eigenvalue weighted by Gasteiger charge is 2.20. The number of aromatic nitrogens is 1. The van der Waals surface area contributed by atoms with E-state index in [4.69, 9.17) is 4.74 Å². The maximum absolute atomic E-state index is 12.4. The second kappa shape index (κ2) is 7.40. The Morgan fingerprint density at radius 1 is 1.23 bits per heavy atom. The molecule has 0 radical (unpaired) electrons. The number of sulfonamides is 1. The highest BCUT2D eigenvalue weighted by molar-refractivity contribution is 7.89. The van der Waals surface area contributed by atoms with Gasteiger partial charge in [-0.05, 0) is 37.4 Å². The van der Waals surface area contributed by atoms with E-state index >= 15 is 0 Å². The summed E-state index contributed by atoms with van der Waals surface area (Å²) in [5.74, 6) is -0.221. The molecule has 0 aliphatic heterocycles. The molecule has 2 N–H and O–H groups in total. The van der Waals surface area contributed by atoms with Gasteiger partial charge in [-0.3, -0.25) is 4.79 Å². The van der Waals surface area contributed by atoms with Crippen molar-refractivity contribution in [3.63, 3.8) is 0 Å². The van der Waals surface area contributed by atoms with Gasteiger partial charge in [-0.15, -0.1) is 11.3 Å². The van der Waals surface area contributed by atoms with Crippen LogP contribution in [0.4, 0.5) is 0 Å². The van der Waals surface area contributed by atoms with Crippen LogP contribution in [-0.2, 0) is 16.6 Å². The van der Waals surface area contributed by atoms with Gasteiger partial charge in [-0.2, -0.15) is 0 Å². The second-order valence-corrected chi connectivity index (χ2v) is 8.30. The first-order valence-corrected chi connectivity index (χ1v) is 9.99. The third kappa shape index (κ3) is 3.69. The number of nitrogens with one attached hydrogen (secondary N) is 2. The zero-order valence-electron chi connectivity index (χ0n) is 14.1. The molecular formula is C17H17N3O4S2. The van der Waals surface area contributed by atoms with Gasteiger partial charge in [0.05, 0.1) is 23.9 Å². The summed E-state index contributed by atoms with van der Waals surface area (Å²) in [7, 11) is -1.07. The molecule has 0 spiro atoms. The van der Waals surface area contributed by atoms with E-state index in [1.807, 2.05) is 24.3 Å². The summed E-state index contributed by atoms with van der Waals surface area (Å²) in [6.07, 6.45) is 0. The Labute approximate surface area is 155 Å². The smallest absolute Gasteiger partial charge is 0.251 e. The van der Waals surface area contributed by atoms with Crippen LogP contribution in [0.25, 0.3) is 10.2 Å². The lowest BCUT2D eigenvalue weighted by molar-refractivity contribution is 0.0950. The molecular weight excluding hydrogens is 374 g/mol. The molecule has 1 heterocycles. The number of thiazole rings is 1. The normalized spacial score (nSPS) is 11.5. The number of fused-ring (bicyclic) bond motifs is 1. The first-order valence-electron chi connectivity index (χ1n) is 7.69. The van der Waals surface area contributed by atoms with E-state index in [0.717, 1.165) is 15.2 Å². The zero-order valence-corrected chi connectivity index (χ0v) is 15.8. The van der Waals surface area contributed by atoms with E-state index in [1.54, 1.807) is 0 Å². The van der Waals surface area contributed by atoms with E-state index in [9.17, 15) is 13.2 Å². The molecule has 7 nitrogen and oxygen atoms in total. The van der Waals surface area contributed by atoms with E-state index in [0.29, 0.717) is 0 Å². The van der Waals surface area contributed by atoms with Crippen molar-refractivity contribution in [3.05, 3.63) is 53.0 Å². The van der Waals surface area contributed by atoms with Crippen molar-refractivity contribution in [2.24, 2.45) is 0 Å². The number of ether oxygens (including phenoxy) is 1. The number of amides is 1. The number of hydrogen-bond acceptors (Lipinski definition) is 6. The van der Waals surface area contributed by atoms with Gasteiger partial charge in [0.1, 0.15) is 15.7 Å². The first kappa shape index (κ1) is 18.3. The van der Waals surface area contributed by atoms with Crippen molar-refractivity contribution >= 4 is 37.5 Å². The van der Waals surface area contributed by atoms with Crippen molar-refractivity contribution < 1.29 is 17.9 Å². The van der Waals surface area contributed by atoms with Crippen molar-refractivity contribution in [1.29, 1.82) is 0 Å². The van der Waals surface area contributed by atoms with Crippen LogP contribution in [0, 0.1) is 0 Å². The van der Waals surface area contributed by atoms with Crippen LogP contribution >= 0.6 is 11.3 Å². The van der Waals surface area contributed by atoms with E-state index < -0.39 is 10.0 Å². The maximum atomic E-state index is 12.4. The van der Waals surface area contributed by atoms with Crippen molar-refractivity contribution in [2.75, 3.05) is 14.2 Å². The van der Waals surface area contributed by atoms with Gasteiger partial charge >= 0.3 is 0 Å². The Morgan fingerprint density at radius 3 is 2.69 bits per heavy atom. The van der Waals surface area contributed by atoms with E-state index in [2.05, 4.69) is 15.0 Å². The SMILES string of the molecule is CNS(=O)(=O)c1cc(C(=O)NCc2nc3ccccc3s2)ccc1OC. The number of nitrogens with zero attached hydrogens (tertiary/aromatic N) is 1. The Kier molecular flexibility index (Phi) is 5.21. The van der Waals surface area contributed by atoms with Crippen LogP contribution in [0.15, 0.2) is 47.4 Å². The highest BCUT2D eigenvalue weighted by atomic mass is 32.2. The predicted octanol–water partition coefficient (Wildman–Crippen LogP) is 2.14.